The van der Waals surface area contributed by atoms with Gasteiger partial charge in [-0.3, -0.25) is 4.68 Å². The Hall–Kier alpha value is -1.78. The lowest BCUT2D eigenvalue weighted by molar-refractivity contribution is -0.131. The predicted molar refractivity (Wildman–Crippen MR) is 77.4 cm³/mol. The fourth-order valence-corrected chi connectivity index (χ4v) is 2.17. The van der Waals surface area contributed by atoms with Crippen LogP contribution in [-0.4, -0.2) is 34.4 Å². The van der Waals surface area contributed by atoms with Gasteiger partial charge >= 0.3 is 5.97 Å². The quantitative estimate of drug-likeness (QED) is 0.607. The standard InChI is InChI=1S/C14H23N3O2/c1-5-6-7-10-16(3)14-12(8-9-13(18)19)11(2)15-17(14)4/h8-9H,5-7,10H2,1-4H3,(H,18,19)/b9-8+. The summed E-state index contributed by atoms with van der Waals surface area (Å²) in [5.41, 5.74) is 1.72. The van der Waals surface area contributed by atoms with Gasteiger partial charge in [0.15, 0.2) is 0 Å². The number of anilines is 1. The minimum Gasteiger partial charge on any atom is -0.478 e. The first kappa shape index (κ1) is 15.3. The average Bonchev–Trinajstić information content (AvgIpc) is 2.61. The van der Waals surface area contributed by atoms with Crippen LogP contribution in [0.4, 0.5) is 5.82 Å². The molecule has 0 bridgehead atoms. The van der Waals surface area contributed by atoms with Gasteiger partial charge in [0.25, 0.3) is 0 Å². The van der Waals surface area contributed by atoms with Crippen molar-refractivity contribution in [3.8, 4) is 0 Å². The number of carboxylic acid groups (broad SMARTS) is 1. The van der Waals surface area contributed by atoms with Crippen molar-refractivity contribution < 1.29 is 9.90 Å². The van der Waals surface area contributed by atoms with Gasteiger partial charge < -0.3 is 10.0 Å². The molecule has 0 saturated carbocycles. The molecule has 0 unspecified atom stereocenters. The van der Waals surface area contributed by atoms with Crippen LogP contribution in [0.15, 0.2) is 6.08 Å². The number of hydrogen-bond acceptors (Lipinski definition) is 3. The van der Waals surface area contributed by atoms with Crippen molar-refractivity contribution >= 4 is 17.9 Å². The maximum absolute atomic E-state index is 10.7. The molecule has 0 radical (unpaired) electrons. The highest BCUT2D eigenvalue weighted by molar-refractivity contribution is 5.87. The second-order valence-electron chi connectivity index (χ2n) is 4.75. The molecule has 1 aromatic rings. The first-order valence-electron chi connectivity index (χ1n) is 6.63. The van der Waals surface area contributed by atoms with Crippen LogP contribution in [-0.2, 0) is 11.8 Å². The Bertz CT molecular complexity index is 464. The summed E-state index contributed by atoms with van der Waals surface area (Å²) in [5, 5.41) is 13.1. The van der Waals surface area contributed by atoms with Gasteiger partial charge in [-0.15, -0.1) is 0 Å². The van der Waals surface area contributed by atoms with Gasteiger partial charge in [-0.25, -0.2) is 4.79 Å². The minimum atomic E-state index is -0.942. The molecule has 106 valence electrons. The van der Waals surface area contributed by atoms with E-state index in [2.05, 4.69) is 16.9 Å². The fourth-order valence-electron chi connectivity index (χ4n) is 2.17. The maximum Gasteiger partial charge on any atom is 0.328 e. The first-order chi connectivity index (χ1) is 8.97. The molecule has 0 aliphatic heterocycles. The topological polar surface area (TPSA) is 58.4 Å². The van der Waals surface area contributed by atoms with Crippen molar-refractivity contribution in [2.24, 2.45) is 7.05 Å². The molecule has 19 heavy (non-hydrogen) atoms. The Kier molecular flexibility index (Phi) is 5.60. The van der Waals surface area contributed by atoms with Crippen LogP contribution in [0, 0.1) is 6.92 Å². The van der Waals surface area contributed by atoms with E-state index >= 15 is 0 Å². The second kappa shape index (κ2) is 6.97. The van der Waals surface area contributed by atoms with E-state index in [1.54, 1.807) is 6.08 Å². The second-order valence-corrected chi connectivity index (χ2v) is 4.75. The highest BCUT2D eigenvalue weighted by atomic mass is 16.4. The third-order valence-corrected chi connectivity index (χ3v) is 3.09. The Morgan fingerprint density at radius 3 is 2.74 bits per heavy atom. The number of nitrogens with zero attached hydrogens (tertiary/aromatic N) is 3. The monoisotopic (exact) mass is 265 g/mol. The molecule has 0 amide bonds. The largest absolute Gasteiger partial charge is 0.478 e. The first-order valence-corrected chi connectivity index (χ1v) is 6.63. The van der Waals surface area contributed by atoms with Crippen molar-refractivity contribution in [2.45, 2.75) is 33.1 Å². The molecule has 0 fully saturated rings. The molecule has 5 heteroatoms. The Balaban J connectivity index is 2.95. The van der Waals surface area contributed by atoms with Crippen LogP contribution in [0.2, 0.25) is 0 Å². The highest BCUT2D eigenvalue weighted by Gasteiger charge is 2.14. The summed E-state index contributed by atoms with van der Waals surface area (Å²) in [4.78, 5) is 12.8. The van der Waals surface area contributed by atoms with Gasteiger partial charge in [0.2, 0.25) is 0 Å². The summed E-state index contributed by atoms with van der Waals surface area (Å²) < 4.78 is 1.81. The van der Waals surface area contributed by atoms with Crippen LogP contribution < -0.4 is 4.90 Å². The van der Waals surface area contributed by atoms with Crippen molar-refractivity contribution in [3.05, 3.63) is 17.3 Å². The SMILES string of the molecule is CCCCCN(C)c1c(/C=C/C(=O)O)c(C)nn1C. The molecule has 1 aromatic heterocycles. The Morgan fingerprint density at radius 2 is 2.16 bits per heavy atom. The third-order valence-electron chi connectivity index (χ3n) is 3.09. The predicted octanol–water partition coefficient (Wildman–Crippen LogP) is 2.45. The Labute approximate surface area is 114 Å². The van der Waals surface area contributed by atoms with Gasteiger partial charge in [-0.05, 0) is 19.4 Å². The number of aromatic nitrogens is 2. The number of rotatable bonds is 7. The summed E-state index contributed by atoms with van der Waals surface area (Å²) in [7, 11) is 3.90. The lowest BCUT2D eigenvalue weighted by Gasteiger charge is -2.20. The van der Waals surface area contributed by atoms with Gasteiger partial charge in [0.1, 0.15) is 5.82 Å². The third kappa shape index (κ3) is 4.12. The van der Waals surface area contributed by atoms with Crippen LogP contribution in [0.5, 0.6) is 0 Å². The van der Waals surface area contributed by atoms with E-state index in [-0.39, 0.29) is 0 Å². The van der Waals surface area contributed by atoms with E-state index in [0.717, 1.165) is 36.1 Å². The Morgan fingerprint density at radius 1 is 1.47 bits per heavy atom. The van der Waals surface area contributed by atoms with Gasteiger partial charge in [0.05, 0.1) is 5.69 Å². The van der Waals surface area contributed by atoms with E-state index in [4.69, 9.17) is 5.11 Å². The summed E-state index contributed by atoms with van der Waals surface area (Å²) in [6.45, 7) is 5.01. The summed E-state index contributed by atoms with van der Waals surface area (Å²) in [6, 6.07) is 0. The van der Waals surface area contributed by atoms with Crippen molar-refractivity contribution in [2.75, 3.05) is 18.5 Å². The van der Waals surface area contributed by atoms with Crippen LogP contribution in [0.1, 0.15) is 37.4 Å². The molecule has 1 N–H and O–H groups in total. The van der Waals surface area contributed by atoms with E-state index in [1.165, 1.54) is 12.8 Å². The zero-order valence-electron chi connectivity index (χ0n) is 12.2. The van der Waals surface area contributed by atoms with Gasteiger partial charge in [-0.2, -0.15) is 5.10 Å². The molecular formula is C14H23N3O2. The number of aliphatic carboxylic acids is 1. The number of carboxylic acids is 1. The normalized spacial score (nSPS) is 11.2. The zero-order chi connectivity index (χ0) is 14.4. The molecule has 1 heterocycles. The zero-order valence-corrected chi connectivity index (χ0v) is 12.2. The number of unbranched alkanes of at least 4 members (excludes halogenated alkanes) is 2. The molecule has 0 saturated heterocycles. The average molecular weight is 265 g/mol. The molecule has 0 aromatic carbocycles. The van der Waals surface area contributed by atoms with E-state index in [1.807, 2.05) is 25.7 Å². The number of carbonyl (C=O) groups is 1. The van der Waals surface area contributed by atoms with E-state index in [0.29, 0.717) is 0 Å². The molecule has 0 aliphatic rings. The van der Waals surface area contributed by atoms with Crippen molar-refractivity contribution in [3.63, 3.8) is 0 Å². The summed E-state index contributed by atoms with van der Waals surface area (Å²) >= 11 is 0. The smallest absolute Gasteiger partial charge is 0.328 e. The van der Waals surface area contributed by atoms with Crippen LogP contribution in [0.25, 0.3) is 6.08 Å². The maximum atomic E-state index is 10.7. The molecule has 0 atom stereocenters. The summed E-state index contributed by atoms with van der Waals surface area (Å²) in [5.74, 6) is 0.0222. The molecule has 1 rings (SSSR count). The molecular weight excluding hydrogens is 242 g/mol. The lowest BCUT2D eigenvalue weighted by Crippen LogP contribution is -2.22. The van der Waals surface area contributed by atoms with Gasteiger partial charge in [0, 0.05) is 32.3 Å². The molecule has 0 aliphatic carbocycles. The lowest BCUT2D eigenvalue weighted by atomic mass is 10.2. The van der Waals surface area contributed by atoms with Crippen LogP contribution in [0.3, 0.4) is 0 Å². The minimum absolute atomic E-state index is 0.845. The molecule has 5 nitrogen and oxygen atoms in total. The van der Waals surface area contributed by atoms with E-state index < -0.39 is 5.97 Å². The summed E-state index contributed by atoms with van der Waals surface area (Å²) in [6.07, 6.45) is 6.29. The van der Waals surface area contributed by atoms with E-state index in [9.17, 15) is 4.79 Å². The molecule has 0 spiro atoms. The van der Waals surface area contributed by atoms with Crippen molar-refractivity contribution in [1.82, 2.24) is 9.78 Å². The fraction of sp³-hybridized carbons (Fsp3) is 0.571. The van der Waals surface area contributed by atoms with Crippen molar-refractivity contribution in [1.29, 1.82) is 0 Å². The number of aryl methyl sites for hydroxylation is 2. The van der Waals surface area contributed by atoms with Crippen LogP contribution >= 0.6 is 0 Å². The highest BCUT2D eigenvalue weighted by Crippen LogP contribution is 2.24. The van der Waals surface area contributed by atoms with Gasteiger partial charge in [-0.1, -0.05) is 19.8 Å². The number of hydrogen-bond donors (Lipinski definition) is 1.